The topological polar surface area (TPSA) is 103 Å². The number of carbonyl (C=O) groups is 1. The van der Waals surface area contributed by atoms with Gasteiger partial charge in [-0.15, -0.1) is 0 Å². The van der Waals surface area contributed by atoms with Gasteiger partial charge in [0.15, 0.2) is 0 Å². The van der Waals surface area contributed by atoms with Crippen molar-refractivity contribution >= 4 is 35.2 Å². The molecule has 1 aliphatic rings. The van der Waals surface area contributed by atoms with Crippen LogP contribution in [0.5, 0.6) is 0 Å². The van der Waals surface area contributed by atoms with Gasteiger partial charge in [-0.05, 0) is 0 Å². The van der Waals surface area contributed by atoms with Crippen molar-refractivity contribution in [3.05, 3.63) is 0 Å². The molecule has 1 heterocycles. The van der Waals surface area contributed by atoms with Crippen LogP contribution in [0.25, 0.3) is 0 Å². The molecule has 1 unspecified atom stereocenters. The van der Waals surface area contributed by atoms with Crippen LogP contribution in [0.1, 0.15) is 0 Å². The van der Waals surface area contributed by atoms with Crippen molar-refractivity contribution in [1.82, 2.24) is 5.32 Å². The van der Waals surface area contributed by atoms with Crippen molar-refractivity contribution in [3.63, 3.8) is 0 Å². The molecule has 6 nitrogen and oxygen atoms in total. The minimum atomic E-state index is -4.62. The van der Waals surface area contributed by atoms with Crippen LogP contribution in [0.15, 0.2) is 0 Å². The van der Waals surface area contributed by atoms with Crippen molar-refractivity contribution in [2.24, 2.45) is 0 Å². The van der Waals surface area contributed by atoms with E-state index in [1.807, 2.05) is 0 Å². The average Bonchev–Trinajstić information content (AvgIpc) is 2.35. The summed E-state index contributed by atoms with van der Waals surface area (Å²) in [6.07, 6.45) is 0. The predicted octanol–water partition coefficient (Wildman–Crippen LogP) is -2.34. The molecule has 0 bridgehead atoms. The molecule has 1 fully saturated rings. The van der Waals surface area contributed by atoms with Crippen molar-refractivity contribution in [2.45, 2.75) is 6.04 Å². The molecule has 0 saturated carbocycles. The van der Waals surface area contributed by atoms with Crippen LogP contribution in [0.2, 0.25) is 0 Å². The fraction of sp³-hybridized carbons (Fsp3) is 0.667. The summed E-state index contributed by atoms with van der Waals surface area (Å²) in [5, 5.41) is 2.51. The van der Waals surface area contributed by atoms with Crippen molar-refractivity contribution in [1.29, 1.82) is 0 Å². The summed E-state index contributed by atoms with van der Waals surface area (Å²) in [6.45, 7) is 0.397. The van der Waals surface area contributed by atoms with Gasteiger partial charge in [0.25, 0.3) is 0 Å². The van der Waals surface area contributed by atoms with Crippen LogP contribution in [0, 0.1) is 0 Å². The van der Waals surface area contributed by atoms with Gasteiger partial charge in [0.2, 0.25) is 0 Å². The van der Waals surface area contributed by atoms with Gasteiger partial charge >= 0.3 is 35.2 Å². The number of nitrogens with one attached hydrogen (secondary N) is 1. The molecule has 0 aromatic heterocycles. The van der Waals surface area contributed by atoms with E-state index in [2.05, 4.69) is 9.50 Å². The summed E-state index contributed by atoms with van der Waals surface area (Å²) in [5.41, 5.74) is 0. The summed E-state index contributed by atoms with van der Waals surface area (Å²) in [6, 6.07) is -0.568. The fourth-order valence-corrected chi connectivity index (χ4v) is 0.711. The second-order valence-corrected chi connectivity index (χ2v) is 2.81. The summed E-state index contributed by atoms with van der Waals surface area (Å²) < 4.78 is 31.3. The third-order valence-corrected chi connectivity index (χ3v) is 1.26. The Morgan fingerprint density at radius 1 is 1.64 bits per heavy atom. The molecule has 0 amide bonds. The summed E-state index contributed by atoms with van der Waals surface area (Å²) in [5.74, 6) is -0.970. The number of carbonyl (C=O) groups excluding carboxylic acids is 1. The van der Waals surface area contributed by atoms with Crippen LogP contribution in [0.3, 0.4) is 0 Å². The average molecular weight is 175 g/mol. The zero-order valence-electron chi connectivity index (χ0n) is 4.77. The zero-order valence-corrected chi connectivity index (χ0v) is 5.59. The van der Waals surface area contributed by atoms with Crippen molar-refractivity contribution in [3.8, 4) is 0 Å². The third kappa shape index (κ3) is 4.39. The maximum atomic E-state index is 10.4. The van der Waals surface area contributed by atoms with Gasteiger partial charge in [-0.1, -0.05) is 0 Å². The molecule has 0 spiro atoms. The quantitative estimate of drug-likeness (QED) is 0.277. The minimum absolute atomic E-state index is 0. The van der Waals surface area contributed by atoms with E-state index in [9.17, 15) is 13.2 Å². The van der Waals surface area contributed by atoms with Gasteiger partial charge in [0, 0.05) is 6.54 Å². The van der Waals surface area contributed by atoms with E-state index in [4.69, 9.17) is 4.55 Å². The first-order chi connectivity index (χ1) is 4.49. The number of rotatable bonds is 2. The van der Waals surface area contributed by atoms with Crippen LogP contribution in [-0.2, 0) is 19.4 Å². The molecule has 8 heteroatoms. The van der Waals surface area contributed by atoms with Gasteiger partial charge in [0.05, 0.1) is 0 Å². The maximum absolute atomic E-state index is 10.4. The Morgan fingerprint density at radius 2 is 2.09 bits per heavy atom. The Bertz CT molecular complexity index is 244. The molecular formula is C3H6LiNO5S. The van der Waals surface area contributed by atoms with Crippen molar-refractivity contribution < 1.29 is 21.9 Å². The number of hydrogen-bond donors (Lipinski definition) is 2. The van der Waals surface area contributed by atoms with Crippen LogP contribution in [0.4, 0.5) is 0 Å². The molecule has 0 aromatic rings. The molecule has 1 aliphatic heterocycles. The van der Waals surface area contributed by atoms with E-state index in [-0.39, 0.29) is 18.9 Å². The molecular weight excluding hydrogens is 169 g/mol. The Labute approximate surface area is 75.4 Å². The summed E-state index contributed by atoms with van der Waals surface area (Å²) in [4.78, 5) is 10.4. The normalized spacial score (nSPS) is 21.7. The Balaban J connectivity index is 0.000001000. The van der Waals surface area contributed by atoms with Gasteiger partial charge in [-0.3, -0.25) is 4.55 Å². The molecule has 1 rings (SSSR count). The van der Waals surface area contributed by atoms with E-state index in [0.717, 1.165) is 0 Å². The van der Waals surface area contributed by atoms with Gasteiger partial charge in [-0.2, -0.15) is 8.42 Å². The van der Waals surface area contributed by atoms with Gasteiger partial charge in [0.1, 0.15) is 6.04 Å². The molecule has 0 aliphatic carbocycles. The van der Waals surface area contributed by atoms with E-state index in [1.165, 1.54) is 0 Å². The summed E-state index contributed by atoms with van der Waals surface area (Å²) >= 11 is 0. The third-order valence-electron chi connectivity index (χ3n) is 0.880. The Hall–Kier alpha value is -0.0626. The second kappa shape index (κ2) is 3.56. The van der Waals surface area contributed by atoms with Crippen LogP contribution >= 0.6 is 0 Å². The van der Waals surface area contributed by atoms with E-state index >= 15 is 0 Å². The van der Waals surface area contributed by atoms with Crippen LogP contribution in [-0.4, -0.2) is 50.4 Å². The number of hydrogen-bond acceptors (Lipinski definition) is 5. The van der Waals surface area contributed by atoms with Gasteiger partial charge in [-0.25, -0.2) is 4.79 Å². The Morgan fingerprint density at radius 3 is 2.36 bits per heavy atom. The van der Waals surface area contributed by atoms with E-state index in [1.54, 1.807) is 0 Å². The predicted molar refractivity (Wildman–Crippen MR) is 36.6 cm³/mol. The zero-order chi connectivity index (χ0) is 7.78. The first kappa shape index (κ1) is 10.9. The Kier molecular flexibility index (Phi) is 3.54. The van der Waals surface area contributed by atoms with E-state index < -0.39 is 22.4 Å². The standard InChI is InChI=1S/C3H5NO5S.Li.H/c5-3(2-1-4-2)9-10(6,7)8;;/h2,4H,1H2,(H,6,7,8);;. The van der Waals surface area contributed by atoms with Crippen molar-refractivity contribution in [2.75, 3.05) is 6.54 Å². The molecule has 0 aromatic carbocycles. The second-order valence-electron chi connectivity index (χ2n) is 1.79. The fourth-order valence-electron chi connectivity index (χ4n) is 0.387. The first-order valence-electron chi connectivity index (χ1n) is 2.43. The molecule has 60 valence electrons. The molecule has 1 saturated heterocycles. The molecule has 1 atom stereocenters. The molecule has 11 heavy (non-hydrogen) atoms. The molecule has 2 N–H and O–H groups in total. The first-order valence-corrected chi connectivity index (χ1v) is 3.80. The van der Waals surface area contributed by atoms with Crippen LogP contribution < -0.4 is 5.32 Å². The van der Waals surface area contributed by atoms with E-state index in [0.29, 0.717) is 6.54 Å². The summed E-state index contributed by atoms with van der Waals surface area (Å²) in [7, 11) is -4.62. The SMILES string of the molecule is O=C(OS(=O)(=O)O)C1CN1.[LiH]. The molecule has 0 radical (unpaired) electrons. The monoisotopic (exact) mass is 175 g/mol. The van der Waals surface area contributed by atoms with Gasteiger partial charge < -0.3 is 9.50 Å².